The molecule has 0 unspecified atom stereocenters. The van der Waals surface area contributed by atoms with Gasteiger partial charge in [0.05, 0.1) is 11.2 Å². The predicted octanol–water partition coefficient (Wildman–Crippen LogP) is 5.94. The van der Waals surface area contributed by atoms with Crippen LogP contribution in [0.3, 0.4) is 0 Å². The third kappa shape index (κ3) is 2.80. The topological polar surface area (TPSA) is 15.6 Å². The third-order valence-corrected chi connectivity index (χ3v) is 7.50. The summed E-state index contributed by atoms with van der Waals surface area (Å²) in [5.74, 6) is 1.22. The Morgan fingerprint density at radius 2 is 1.91 bits per heavy atom. The standard InChI is InChI=1S/C19H25ClN2S/c1-14-16(20)9-6-10-17(14)21-18-22(15-7-2-3-8-15)19(13-23-18)11-4-5-12-19/h6,9-10,15H,2-5,7-8,11-13H2,1H3/b21-18+. The normalized spacial score (nSPS) is 26.0. The number of halogens is 1. The first-order valence-corrected chi connectivity index (χ1v) is 10.3. The molecule has 124 valence electrons. The van der Waals surface area contributed by atoms with Gasteiger partial charge in [0.1, 0.15) is 0 Å². The van der Waals surface area contributed by atoms with Crippen molar-refractivity contribution in [2.75, 3.05) is 5.75 Å². The number of aliphatic imine (C=N–C) groups is 1. The molecular formula is C19H25ClN2S. The molecule has 23 heavy (non-hydrogen) atoms. The molecule has 0 bridgehead atoms. The largest absolute Gasteiger partial charge is 0.342 e. The minimum atomic E-state index is 0.394. The molecule has 1 aromatic carbocycles. The van der Waals surface area contributed by atoms with E-state index in [1.54, 1.807) is 0 Å². The second-order valence-electron chi connectivity index (χ2n) is 7.31. The highest BCUT2D eigenvalue weighted by Gasteiger charge is 2.49. The first kappa shape index (κ1) is 15.8. The van der Waals surface area contributed by atoms with Gasteiger partial charge in [-0.2, -0.15) is 0 Å². The summed E-state index contributed by atoms with van der Waals surface area (Å²) in [5.41, 5.74) is 2.53. The van der Waals surface area contributed by atoms with Gasteiger partial charge in [-0.25, -0.2) is 4.99 Å². The quantitative estimate of drug-likeness (QED) is 0.657. The summed E-state index contributed by atoms with van der Waals surface area (Å²) in [6.45, 7) is 2.08. The highest BCUT2D eigenvalue weighted by atomic mass is 35.5. The SMILES string of the molecule is Cc1c(Cl)cccc1/N=C1/SCC2(CCCC2)N1C1CCCC1. The summed E-state index contributed by atoms with van der Waals surface area (Å²) < 4.78 is 0. The lowest BCUT2D eigenvalue weighted by atomic mass is 9.95. The molecule has 4 rings (SSSR count). The number of hydrogen-bond donors (Lipinski definition) is 0. The number of hydrogen-bond acceptors (Lipinski definition) is 2. The van der Waals surface area contributed by atoms with Gasteiger partial charge >= 0.3 is 0 Å². The summed E-state index contributed by atoms with van der Waals surface area (Å²) in [4.78, 5) is 7.83. The van der Waals surface area contributed by atoms with Crippen molar-refractivity contribution in [1.82, 2.24) is 4.90 Å². The van der Waals surface area contributed by atoms with Gasteiger partial charge < -0.3 is 4.90 Å². The molecule has 0 N–H and O–H groups in total. The van der Waals surface area contributed by atoms with Crippen LogP contribution in [0.15, 0.2) is 23.2 Å². The second kappa shape index (κ2) is 6.33. The minimum Gasteiger partial charge on any atom is -0.342 e. The second-order valence-corrected chi connectivity index (χ2v) is 8.66. The Morgan fingerprint density at radius 3 is 2.65 bits per heavy atom. The number of amidine groups is 1. The van der Waals surface area contributed by atoms with Gasteiger partial charge in [0.2, 0.25) is 0 Å². The monoisotopic (exact) mass is 348 g/mol. The van der Waals surface area contributed by atoms with E-state index >= 15 is 0 Å². The van der Waals surface area contributed by atoms with E-state index in [1.165, 1.54) is 62.3 Å². The lowest BCUT2D eigenvalue weighted by molar-refractivity contribution is 0.163. The molecule has 0 atom stereocenters. The summed E-state index contributed by atoms with van der Waals surface area (Å²) in [7, 11) is 0. The van der Waals surface area contributed by atoms with Crippen LogP contribution < -0.4 is 0 Å². The van der Waals surface area contributed by atoms with Crippen LogP contribution in [0.4, 0.5) is 5.69 Å². The van der Waals surface area contributed by atoms with E-state index in [0.717, 1.165) is 16.3 Å². The molecule has 1 aliphatic heterocycles. The highest BCUT2D eigenvalue weighted by Crippen LogP contribution is 2.48. The molecule has 3 aliphatic rings. The summed E-state index contributed by atoms with van der Waals surface area (Å²) in [5, 5.41) is 2.07. The Morgan fingerprint density at radius 1 is 1.17 bits per heavy atom. The summed E-state index contributed by atoms with van der Waals surface area (Å²) in [6, 6.07) is 6.78. The average Bonchev–Trinajstić information content (AvgIpc) is 3.27. The van der Waals surface area contributed by atoms with Crippen molar-refractivity contribution >= 4 is 34.2 Å². The molecule has 0 aromatic heterocycles. The molecule has 2 nitrogen and oxygen atoms in total. The molecule has 1 heterocycles. The fourth-order valence-corrected chi connectivity index (χ4v) is 6.21. The van der Waals surface area contributed by atoms with E-state index in [4.69, 9.17) is 16.6 Å². The van der Waals surface area contributed by atoms with Gasteiger partial charge in [-0.05, 0) is 50.3 Å². The summed E-state index contributed by atoms with van der Waals surface area (Å²) in [6.07, 6.45) is 10.9. The van der Waals surface area contributed by atoms with Crippen molar-refractivity contribution in [2.24, 2.45) is 4.99 Å². The molecule has 2 saturated carbocycles. The zero-order valence-corrected chi connectivity index (χ0v) is 15.4. The Kier molecular flexibility index (Phi) is 4.36. The molecule has 1 aromatic rings. The number of rotatable bonds is 2. The molecule has 0 amide bonds. The molecule has 0 radical (unpaired) electrons. The van der Waals surface area contributed by atoms with Gasteiger partial charge in [-0.3, -0.25) is 0 Å². The molecule has 4 heteroatoms. The minimum absolute atomic E-state index is 0.394. The number of benzene rings is 1. The van der Waals surface area contributed by atoms with Crippen molar-refractivity contribution in [3.05, 3.63) is 28.8 Å². The Balaban J connectivity index is 1.71. The van der Waals surface area contributed by atoms with Crippen molar-refractivity contribution in [3.8, 4) is 0 Å². The maximum atomic E-state index is 6.29. The Hall–Kier alpha value is -0.670. The van der Waals surface area contributed by atoms with Crippen LogP contribution in [0, 0.1) is 6.92 Å². The molecule has 1 spiro atoms. The zero-order chi connectivity index (χ0) is 15.9. The van der Waals surface area contributed by atoms with Crippen LogP contribution in [0.1, 0.15) is 56.9 Å². The van der Waals surface area contributed by atoms with E-state index in [1.807, 2.05) is 23.9 Å². The van der Waals surface area contributed by atoms with Crippen LogP contribution in [0.25, 0.3) is 0 Å². The van der Waals surface area contributed by atoms with Crippen LogP contribution in [-0.4, -0.2) is 27.4 Å². The highest BCUT2D eigenvalue weighted by molar-refractivity contribution is 8.14. The van der Waals surface area contributed by atoms with E-state index in [-0.39, 0.29) is 0 Å². The van der Waals surface area contributed by atoms with Gasteiger partial charge in [0.15, 0.2) is 5.17 Å². The van der Waals surface area contributed by atoms with Crippen molar-refractivity contribution in [3.63, 3.8) is 0 Å². The van der Waals surface area contributed by atoms with Gasteiger partial charge in [0, 0.05) is 16.8 Å². The number of nitrogens with zero attached hydrogens (tertiary/aromatic N) is 2. The molecule has 3 fully saturated rings. The van der Waals surface area contributed by atoms with Gasteiger partial charge in [0.25, 0.3) is 0 Å². The van der Waals surface area contributed by atoms with Gasteiger partial charge in [-0.1, -0.05) is 55.1 Å². The van der Waals surface area contributed by atoms with Crippen LogP contribution >= 0.6 is 23.4 Å². The third-order valence-electron chi connectivity index (χ3n) is 5.87. The molecule has 2 aliphatic carbocycles. The van der Waals surface area contributed by atoms with Crippen molar-refractivity contribution < 1.29 is 0 Å². The smallest absolute Gasteiger partial charge is 0.165 e. The van der Waals surface area contributed by atoms with Crippen LogP contribution in [-0.2, 0) is 0 Å². The predicted molar refractivity (Wildman–Crippen MR) is 101 cm³/mol. The molecular weight excluding hydrogens is 324 g/mol. The maximum absolute atomic E-state index is 6.29. The van der Waals surface area contributed by atoms with E-state index in [2.05, 4.69) is 17.9 Å². The summed E-state index contributed by atoms with van der Waals surface area (Å²) >= 11 is 8.27. The van der Waals surface area contributed by atoms with Crippen molar-refractivity contribution in [1.29, 1.82) is 0 Å². The van der Waals surface area contributed by atoms with E-state index in [0.29, 0.717) is 11.6 Å². The Labute approximate surface area is 148 Å². The zero-order valence-electron chi connectivity index (χ0n) is 13.9. The first-order chi connectivity index (χ1) is 11.2. The first-order valence-electron chi connectivity index (χ1n) is 8.96. The lowest BCUT2D eigenvalue weighted by Crippen LogP contribution is -2.50. The van der Waals surface area contributed by atoms with E-state index in [9.17, 15) is 0 Å². The maximum Gasteiger partial charge on any atom is 0.165 e. The fourth-order valence-electron chi connectivity index (χ4n) is 4.57. The Bertz CT molecular complexity index is 616. The average molecular weight is 349 g/mol. The van der Waals surface area contributed by atoms with Crippen LogP contribution in [0.5, 0.6) is 0 Å². The van der Waals surface area contributed by atoms with E-state index < -0.39 is 0 Å². The van der Waals surface area contributed by atoms with Crippen molar-refractivity contribution in [2.45, 2.75) is 69.9 Å². The number of thioether (sulfide) groups is 1. The lowest BCUT2D eigenvalue weighted by Gasteiger charge is -2.40. The fraction of sp³-hybridized carbons (Fsp3) is 0.632. The van der Waals surface area contributed by atoms with Gasteiger partial charge in [-0.15, -0.1) is 0 Å². The molecule has 1 saturated heterocycles. The van der Waals surface area contributed by atoms with Crippen LogP contribution in [0.2, 0.25) is 5.02 Å².